The van der Waals surface area contributed by atoms with Crippen LogP contribution in [0.15, 0.2) is 24.3 Å². The van der Waals surface area contributed by atoms with Gasteiger partial charge in [0.1, 0.15) is 5.82 Å². The van der Waals surface area contributed by atoms with E-state index in [0.29, 0.717) is 11.5 Å². The molecule has 19 heavy (non-hydrogen) atoms. The van der Waals surface area contributed by atoms with Gasteiger partial charge < -0.3 is 10.6 Å². The Balaban J connectivity index is 2.33. The molecule has 0 aliphatic carbocycles. The summed E-state index contributed by atoms with van der Waals surface area (Å²) < 4.78 is 13.7. The Kier molecular flexibility index (Phi) is 3.80. The maximum atomic E-state index is 13.7. The van der Waals surface area contributed by atoms with Crippen molar-refractivity contribution in [2.24, 2.45) is 0 Å². The third-order valence-electron chi connectivity index (χ3n) is 2.87. The Labute approximate surface area is 115 Å². The van der Waals surface area contributed by atoms with E-state index in [1.54, 1.807) is 30.1 Å². The van der Waals surface area contributed by atoms with E-state index >= 15 is 0 Å². The van der Waals surface area contributed by atoms with Gasteiger partial charge in [0.05, 0.1) is 6.04 Å². The molecule has 1 unspecified atom stereocenters. The van der Waals surface area contributed by atoms with Crippen LogP contribution in [-0.2, 0) is 0 Å². The third-order valence-corrected chi connectivity index (χ3v) is 3.03. The van der Waals surface area contributed by atoms with Gasteiger partial charge >= 0.3 is 0 Å². The zero-order chi connectivity index (χ0) is 14.0. The van der Waals surface area contributed by atoms with Crippen LogP contribution in [0.5, 0.6) is 0 Å². The van der Waals surface area contributed by atoms with Crippen molar-refractivity contribution in [1.82, 2.24) is 15.0 Å². The van der Waals surface area contributed by atoms with Crippen LogP contribution < -0.4 is 10.6 Å². The molecule has 2 rings (SSSR count). The molecule has 0 amide bonds. The summed E-state index contributed by atoms with van der Waals surface area (Å²) in [6.45, 7) is 1.84. The number of hydrogen-bond acceptors (Lipinski definition) is 5. The van der Waals surface area contributed by atoms with Gasteiger partial charge in [0.15, 0.2) is 0 Å². The predicted octanol–water partition coefficient (Wildman–Crippen LogP) is 2.44. The van der Waals surface area contributed by atoms with Crippen LogP contribution >= 0.6 is 11.6 Å². The lowest BCUT2D eigenvalue weighted by Gasteiger charge is -2.25. The molecular weight excluding hydrogens is 269 g/mol. The van der Waals surface area contributed by atoms with E-state index in [0.717, 1.165) is 0 Å². The van der Waals surface area contributed by atoms with E-state index in [1.807, 2.05) is 6.92 Å². The largest absolute Gasteiger partial charge is 0.368 e. The second-order valence-corrected chi connectivity index (χ2v) is 4.41. The van der Waals surface area contributed by atoms with Crippen molar-refractivity contribution in [3.63, 3.8) is 0 Å². The molecule has 0 spiro atoms. The minimum Gasteiger partial charge on any atom is -0.368 e. The summed E-state index contributed by atoms with van der Waals surface area (Å²) in [4.78, 5) is 13.3. The van der Waals surface area contributed by atoms with Crippen molar-refractivity contribution < 1.29 is 4.39 Å². The highest BCUT2D eigenvalue weighted by Gasteiger charge is 2.18. The number of rotatable bonds is 3. The highest BCUT2D eigenvalue weighted by atomic mass is 35.5. The molecule has 0 radical (unpaired) electrons. The zero-order valence-electron chi connectivity index (χ0n) is 10.5. The number of nitrogens with zero attached hydrogens (tertiary/aromatic N) is 4. The van der Waals surface area contributed by atoms with Gasteiger partial charge in [0.2, 0.25) is 17.2 Å². The summed E-state index contributed by atoms with van der Waals surface area (Å²) in [7, 11) is 1.74. The Morgan fingerprint density at radius 2 is 1.95 bits per heavy atom. The number of nitrogens with two attached hydrogens (primary N) is 1. The Morgan fingerprint density at radius 1 is 1.26 bits per heavy atom. The summed E-state index contributed by atoms with van der Waals surface area (Å²) in [6.07, 6.45) is 0. The van der Waals surface area contributed by atoms with Crippen LogP contribution in [0, 0.1) is 5.82 Å². The number of halogens is 2. The van der Waals surface area contributed by atoms with E-state index in [4.69, 9.17) is 17.3 Å². The molecule has 0 saturated carbocycles. The molecule has 2 aromatic rings. The molecule has 0 aliphatic rings. The second kappa shape index (κ2) is 5.36. The molecule has 1 aromatic heterocycles. The summed E-state index contributed by atoms with van der Waals surface area (Å²) in [5, 5.41) is 0.00934. The minimum absolute atomic E-state index is 0.00934. The van der Waals surface area contributed by atoms with E-state index < -0.39 is 0 Å². The van der Waals surface area contributed by atoms with Crippen molar-refractivity contribution in [2.75, 3.05) is 17.7 Å². The van der Waals surface area contributed by atoms with E-state index in [1.165, 1.54) is 6.07 Å². The van der Waals surface area contributed by atoms with Gasteiger partial charge in [-0.3, -0.25) is 0 Å². The fourth-order valence-corrected chi connectivity index (χ4v) is 1.87. The second-order valence-electron chi connectivity index (χ2n) is 4.07. The monoisotopic (exact) mass is 281 g/mol. The molecule has 0 bridgehead atoms. The van der Waals surface area contributed by atoms with Crippen LogP contribution in [0.4, 0.5) is 16.3 Å². The highest BCUT2D eigenvalue weighted by molar-refractivity contribution is 6.28. The quantitative estimate of drug-likeness (QED) is 0.936. The van der Waals surface area contributed by atoms with Crippen molar-refractivity contribution in [2.45, 2.75) is 13.0 Å². The topological polar surface area (TPSA) is 67.9 Å². The van der Waals surface area contributed by atoms with Gasteiger partial charge in [0.25, 0.3) is 0 Å². The number of benzene rings is 1. The van der Waals surface area contributed by atoms with Crippen LogP contribution in [0.3, 0.4) is 0 Å². The van der Waals surface area contributed by atoms with Crippen molar-refractivity contribution in [1.29, 1.82) is 0 Å². The molecule has 1 heterocycles. The summed E-state index contributed by atoms with van der Waals surface area (Å²) in [5.41, 5.74) is 6.06. The summed E-state index contributed by atoms with van der Waals surface area (Å²) in [5.74, 6) is 0.0470. The molecule has 1 atom stereocenters. The lowest BCUT2D eigenvalue weighted by molar-refractivity contribution is 0.582. The number of anilines is 2. The molecule has 7 heteroatoms. The Bertz CT molecular complexity index is 572. The standard InChI is InChI=1S/C12H13ClFN5/c1-7(8-5-3-4-6-9(8)14)19(2)12-17-10(13)16-11(15)18-12/h3-7H,1-2H3,(H2,15,16,17,18). The lowest BCUT2D eigenvalue weighted by Crippen LogP contribution is -2.25. The fourth-order valence-electron chi connectivity index (χ4n) is 1.71. The van der Waals surface area contributed by atoms with Crippen molar-refractivity contribution >= 4 is 23.5 Å². The molecule has 0 aliphatic heterocycles. The van der Waals surface area contributed by atoms with Gasteiger partial charge in [0, 0.05) is 12.6 Å². The predicted molar refractivity (Wildman–Crippen MR) is 72.5 cm³/mol. The van der Waals surface area contributed by atoms with E-state index in [-0.39, 0.29) is 23.1 Å². The third kappa shape index (κ3) is 2.90. The molecule has 2 N–H and O–H groups in total. The molecule has 1 aromatic carbocycles. The number of nitrogen functional groups attached to an aromatic ring is 1. The first-order valence-corrected chi connectivity index (χ1v) is 6.01. The molecule has 0 fully saturated rings. The zero-order valence-corrected chi connectivity index (χ0v) is 11.3. The molecule has 0 saturated heterocycles. The van der Waals surface area contributed by atoms with Crippen molar-refractivity contribution in [3.05, 3.63) is 40.9 Å². The van der Waals surface area contributed by atoms with Gasteiger partial charge in [-0.15, -0.1) is 0 Å². The number of aromatic nitrogens is 3. The molecule has 5 nitrogen and oxygen atoms in total. The maximum absolute atomic E-state index is 13.7. The van der Waals surface area contributed by atoms with Gasteiger partial charge in [-0.1, -0.05) is 18.2 Å². The average molecular weight is 282 g/mol. The smallest absolute Gasteiger partial charge is 0.231 e. The Hall–Kier alpha value is -1.95. The fraction of sp³-hybridized carbons (Fsp3) is 0.250. The van der Waals surface area contributed by atoms with Gasteiger partial charge in [-0.05, 0) is 24.6 Å². The van der Waals surface area contributed by atoms with E-state index in [9.17, 15) is 4.39 Å². The SMILES string of the molecule is CC(c1ccccc1F)N(C)c1nc(N)nc(Cl)n1. The van der Waals surface area contributed by atoms with Crippen LogP contribution in [0.25, 0.3) is 0 Å². The molecule has 100 valence electrons. The Morgan fingerprint density at radius 3 is 2.58 bits per heavy atom. The maximum Gasteiger partial charge on any atom is 0.231 e. The highest BCUT2D eigenvalue weighted by Crippen LogP contribution is 2.25. The first-order chi connectivity index (χ1) is 8.99. The normalized spacial score (nSPS) is 12.2. The van der Waals surface area contributed by atoms with Crippen molar-refractivity contribution in [3.8, 4) is 0 Å². The van der Waals surface area contributed by atoms with E-state index in [2.05, 4.69) is 15.0 Å². The molecular formula is C12H13ClFN5. The average Bonchev–Trinajstić information content (AvgIpc) is 2.36. The van der Waals surface area contributed by atoms with Gasteiger partial charge in [-0.25, -0.2) is 4.39 Å². The minimum atomic E-state index is -0.282. The van der Waals surface area contributed by atoms with Crippen LogP contribution in [-0.4, -0.2) is 22.0 Å². The summed E-state index contributed by atoms with van der Waals surface area (Å²) in [6, 6.07) is 6.27. The first kappa shape index (κ1) is 13.5. The van der Waals surface area contributed by atoms with Crippen LogP contribution in [0.1, 0.15) is 18.5 Å². The van der Waals surface area contributed by atoms with Crippen LogP contribution in [0.2, 0.25) is 5.28 Å². The number of hydrogen-bond donors (Lipinski definition) is 1. The first-order valence-electron chi connectivity index (χ1n) is 5.63. The lowest BCUT2D eigenvalue weighted by atomic mass is 10.1. The van der Waals surface area contributed by atoms with Gasteiger partial charge in [-0.2, -0.15) is 15.0 Å². The summed E-state index contributed by atoms with van der Waals surface area (Å²) >= 11 is 5.73.